The van der Waals surface area contributed by atoms with Crippen molar-refractivity contribution in [3.8, 4) is 5.75 Å². The van der Waals surface area contributed by atoms with E-state index in [1.807, 2.05) is 31.2 Å². The molecule has 0 unspecified atom stereocenters. The molecule has 1 aliphatic rings. The van der Waals surface area contributed by atoms with Gasteiger partial charge in [0.1, 0.15) is 5.75 Å². The Morgan fingerprint density at radius 3 is 2.90 bits per heavy atom. The average molecular weight is 442 g/mol. The lowest BCUT2D eigenvalue weighted by Gasteiger charge is -2.31. The zero-order valence-corrected chi connectivity index (χ0v) is 18.7. The van der Waals surface area contributed by atoms with E-state index in [1.54, 1.807) is 6.92 Å². The smallest absolute Gasteiger partial charge is 0.275 e. The summed E-state index contributed by atoms with van der Waals surface area (Å²) in [4.78, 5) is 31.9. The molecule has 1 aliphatic heterocycles. The van der Waals surface area contributed by atoms with Crippen LogP contribution in [0, 0.1) is 12.8 Å². The molecule has 2 aromatic heterocycles. The molecule has 164 valence electrons. The fourth-order valence-electron chi connectivity index (χ4n) is 3.80. The summed E-state index contributed by atoms with van der Waals surface area (Å²) in [6.07, 6.45) is 2.54. The molecular weight excluding hydrogens is 414 g/mol. The maximum Gasteiger partial charge on any atom is 0.275 e. The fraction of sp³-hybridized carbons (Fsp3) is 0.455. The Morgan fingerprint density at radius 1 is 1.32 bits per heavy atom. The molecule has 0 aliphatic carbocycles. The first-order chi connectivity index (χ1) is 15.0. The van der Waals surface area contributed by atoms with E-state index < -0.39 is 0 Å². The largest absolute Gasteiger partial charge is 0.494 e. The van der Waals surface area contributed by atoms with Crippen LogP contribution in [0.5, 0.6) is 5.75 Å². The van der Waals surface area contributed by atoms with Crippen molar-refractivity contribution in [1.82, 2.24) is 19.9 Å². The van der Waals surface area contributed by atoms with E-state index in [-0.39, 0.29) is 17.4 Å². The van der Waals surface area contributed by atoms with Crippen LogP contribution in [0.15, 0.2) is 35.1 Å². The van der Waals surface area contributed by atoms with Gasteiger partial charge in [0.15, 0.2) is 0 Å². The minimum absolute atomic E-state index is 0.0721. The fourth-order valence-corrected chi connectivity index (χ4v) is 4.78. The third-order valence-electron chi connectivity index (χ3n) is 5.37. The standard InChI is InChI=1S/C22H27N5O3S/c1-3-30-18-8-6-16(7-9-18)10-11-23-20(29)17-5-4-12-26(14-17)22-25-27-19(28)13-15(2)24-21(27)31-22/h6-9,13,17H,3-5,10-12,14H2,1-2H3,(H,23,29)/t17-/m1/s1. The van der Waals surface area contributed by atoms with Crippen LogP contribution in [0.25, 0.3) is 4.96 Å². The van der Waals surface area contributed by atoms with Crippen molar-refractivity contribution >= 4 is 27.3 Å². The number of carbonyl (C=O) groups excluding carboxylic acids is 1. The minimum Gasteiger partial charge on any atom is -0.494 e. The molecule has 1 fully saturated rings. The first kappa shape index (κ1) is 21.3. The third kappa shape index (κ3) is 5.04. The second kappa shape index (κ2) is 9.47. The van der Waals surface area contributed by atoms with Crippen molar-refractivity contribution in [2.45, 2.75) is 33.1 Å². The molecule has 9 heteroatoms. The van der Waals surface area contributed by atoms with Crippen LogP contribution in [0.4, 0.5) is 5.13 Å². The second-order valence-corrected chi connectivity index (χ2v) is 8.65. The van der Waals surface area contributed by atoms with Gasteiger partial charge < -0.3 is 15.0 Å². The van der Waals surface area contributed by atoms with E-state index in [2.05, 4.69) is 20.3 Å². The molecule has 3 heterocycles. The molecule has 1 saturated heterocycles. The van der Waals surface area contributed by atoms with Gasteiger partial charge >= 0.3 is 0 Å². The number of nitrogens with one attached hydrogen (secondary N) is 1. The molecule has 0 radical (unpaired) electrons. The maximum absolute atomic E-state index is 12.7. The summed E-state index contributed by atoms with van der Waals surface area (Å²) in [5.41, 5.74) is 1.67. The van der Waals surface area contributed by atoms with Crippen molar-refractivity contribution < 1.29 is 9.53 Å². The lowest BCUT2D eigenvalue weighted by molar-refractivity contribution is -0.125. The number of nitrogens with zero attached hydrogens (tertiary/aromatic N) is 4. The van der Waals surface area contributed by atoms with Gasteiger partial charge in [-0.15, -0.1) is 5.10 Å². The van der Waals surface area contributed by atoms with Gasteiger partial charge in [-0.1, -0.05) is 23.5 Å². The number of hydrogen-bond acceptors (Lipinski definition) is 7. The highest BCUT2D eigenvalue weighted by Gasteiger charge is 2.27. The van der Waals surface area contributed by atoms with Crippen LogP contribution in [-0.4, -0.2) is 46.7 Å². The Kier molecular flexibility index (Phi) is 6.50. The Morgan fingerprint density at radius 2 is 2.13 bits per heavy atom. The van der Waals surface area contributed by atoms with Gasteiger partial charge in [0.25, 0.3) is 5.56 Å². The van der Waals surface area contributed by atoms with Crippen LogP contribution in [0.3, 0.4) is 0 Å². The van der Waals surface area contributed by atoms with Gasteiger partial charge in [-0.2, -0.15) is 4.52 Å². The second-order valence-electron chi connectivity index (χ2n) is 7.72. The molecule has 31 heavy (non-hydrogen) atoms. The summed E-state index contributed by atoms with van der Waals surface area (Å²) in [5, 5.41) is 8.25. The van der Waals surface area contributed by atoms with Gasteiger partial charge in [-0.25, -0.2) is 4.98 Å². The maximum atomic E-state index is 12.7. The van der Waals surface area contributed by atoms with Gasteiger partial charge in [0, 0.05) is 31.4 Å². The normalized spacial score (nSPS) is 16.5. The molecule has 3 aromatic rings. The quantitative estimate of drug-likeness (QED) is 0.606. The van der Waals surface area contributed by atoms with Crippen molar-refractivity contribution in [3.63, 3.8) is 0 Å². The highest BCUT2D eigenvalue weighted by molar-refractivity contribution is 7.20. The van der Waals surface area contributed by atoms with Crippen molar-refractivity contribution in [2.75, 3.05) is 31.1 Å². The summed E-state index contributed by atoms with van der Waals surface area (Å²) in [7, 11) is 0. The average Bonchev–Trinajstić information content (AvgIpc) is 3.20. The number of fused-ring (bicyclic) bond motifs is 1. The van der Waals surface area contributed by atoms with Gasteiger partial charge in [-0.3, -0.25) is 9.59 Å². The Labute approximate surface area is 184 Å². The predicted octanol–water partition coefficient (Wildman–Crippen LogP) is 2.43. The predicted molar refractivity (Wildman–Crippen MR) is 121 cm³/mol. The topological polar surface area (TPSA) is 88.8 Å². The highest BCUT2D eigenvalue weighted by atomic mass is 32.1. The van der Waals surface area contributed by atoms with Crippen LogP contribution in [0.1, 0.15) is 31.0 Å². The number of ether oxygens (including phenoxy) is 1. The molecule has 1 amide bonds. The highest BCUT2D eigenvalue weighted by Crippen LogP contribution is 2.27. The van der Waals surface area contributed by atoms with Crippen LogP contribution in [-0.2, 0) is 11.2 Å². The summed E-state index contributed by atoms with van der Waals surface area (Å²) in [6, 6.07) is 9.46. The zero-order valence-electron chi connectivity index (χ0n) is 17.8. The van der Waals surface area contributed by atoms with Crippen LogP contribution in [0.2, 0.25) is 0 Å². The van der Waals surface area contributed by atoms with Gasteiger partial charge in [0.05, 0.1) is 12.5 Å². The first-order valence-corrected chi connectivity index (χ1v) is 11.5. The number of hydrogen-bond donors (Lipinski definition) is 1. The number of rotatable bonds is 7. The SMILES string of the molecule is CCOc1ccc(CCNC(=O)[C@@H]2CCCN(c3nn4c(=O)cc(C)nc4s3)C2)cc1. The van der Waals surface area contributed by atoms with Gasteiger partial charge in [0.2, 0.25) is 16.0 Å². The Hall–Kier alpha value is -2.94. The van der Waals surface area contributed by atoms with Crippen molar-refractivity contribution in [1.29, 1.82) is 0 Å². The molecule has 1 aromatic carbocycles. The number of aromatic nitrogens is 3. The van der Waals surface area contributed by atoms with E-state index >= 15 is 0 Å². The number of amides is 1. The summed E-state index contributed by atoms with van der Waals surface area (Å²) in [5.74, 6) is 0.843. The lowest BCUT2D eigenvalue weighted by Crippen LogP contribution is -2.43. The van der Waals surface area contributed by atoms with Gasteiger partial charge in [-0.05, 0) is 50.8 Å². The molecule has 0 saturated carbocycles. The summed E-state index contributed by atoms with van der Waals surface area (Å²) >= 11 is 1.39. The van der Waals surface area contributed by atoms with E-state index in [4.69, 9.17) is 4.74 Å². The summed E-state index contributed by atoms with van der Waals surface area (Å²) in [6.45, 7) is 6.44. The van der Waals surface area contributed by atoms with Crippen LogP contribution >= 0.6 is 11.3 Å². The Bertz CT molecular complexity index is 1110. The number of piperidine rings is 1. The number of benzene rings is 1. The number of anilines is 1. The van der Waals surface area contributed by atoms with E-state index in [0.29, 0.717) is 30.4 Å². The molecule has 1 N–H and O–H groups in total. The van der Waals surface area contributed by atoms with Crippen molar-refractivity contribution in [2.24, 2.45) is 5.92 Å². The zero-order chi connectivity index (χ0) is 21.8. The lowest BCUT2D eigenvalue weighted by atomic mass is 9.97. The molecule has 8 nitrogen and oxygen atoms in total. The molecule has 1 atom stereocenters. The molecular formula is C22H27N5O3S. The van der Waals surface area contributed by atoms with Crippen LogP contribution < -0.4 is 20.5 Å². The molecule has 0 spiro atoms. The van der Waals surface area contributed by atoms with E-state index in [0.717, 1.165) is 42.3 Å². The van der Waals surface area contributed by atoms with E-state index in [1.165, 1.54) is 21.9 Å². The van der Waals surface area contributed by atoms with E-state index in [9.17, 15) is 9.59 Å². The first-order valence-electron chi connectivity index (χ1n) is 10.7. The molecule has 4 rings (SSSR count). The monoisotopic (exact) mass is 441 g/mol. The molecule has 0 bridgehead atoms. The number of carbonyl (C=O) groups is 1. The minimum atomic E-state index is -0.175. The summed E-state index contributed by atoms with van der Waals surface area (Å²) < 4.78 is 6.80. The van der Waals surface area contributed by atoms with Crippen molar-refractivity contribution in [3.05, 3.63) is 51.9 Å². The Balaban J connectivity index is 1.33. The number of aryl methyl sites for hydroxylation is 1. The third-order valence-corrected chi connectivity index (χ3v) is 6.34.